The summed E-state index contributed by atoms with van der Waals surface area (Å²) < 4.78 is 0. The summed E-state index contributed by atoms with van der Waals surface area (Å²) in [5, 5.41) is 2.52. The molecule has 1 fully saturated rings. The summed E-state index contributed by atoms with van der Waals surface area (Å²) in [7, 11) is 0. The molecular weight excluding hydrogens is 356 g/mol. The van der Waals surface area contributed by atoms with Crippen LogP contribution in [0.2, 0.25) is 0 Å². The van der Waals surface area contributed by atoms with Crippen LogP contribution in [0.4, 0.5) is 5.69 Å². The van der Waals surface area contributed by atoms with Gasteiger partial charge in [-0.1, -0.05) is 30.7 Å². The fourth-order valence-electron chi connectivity index (χ4n) is 3.35. The molecule has 2 atom stereocenters. The first-order chi connectivity index (χ1) is 13.3. The Kier molecular flexibility index (Phi) is 5.63. The average Bonchev–Trinajstić information content (AvgIpc) is 2.67. The highest BCUT2D eigenvalue weighted by Crippen LogP contribution is 2.33. The van der Waals surface area contributed by atoms with Crippen molar-refractivity contribution >= 4 is 23.4 Å². The maximum Gasteiger partial charge on any atom is 0.316 e. The van der Waals surface area contributed by atoms with Gasteiger partial charge in [0.05, 0.1) is 23.9 Å². The number of aromatic nitrogens is 1. The molecule has 2 heterocycles. The van der Waals surface area contributed by atoms with Crippen molar-refractivity contribution in [1.29, 1.82) is 0 Å². The number of nitrogens with zero attached hydrogens (tertiary/aromatic N) is 2. The van der Waals surface area contributed by atoms with Crippen molar-refractivity contribution in [2.45, 2.75) is 26.3 Å². The lowest BCUT2D eigenvalue weighted by molar-refractivity contribution is -0.145. The Bertz CT molecular complexity index is 912. The Morgan fingerprint density at radius 2 is 2.04 bits per heavy atom. The zero-order valence-corrected chi connectivity index (χ0v) is 15.9. The van der Waals surface area contributed by atoms with E-state index in [9.17, 15) is 14.4 Å². The van der Waals surface area contributed by atoms with Crippen LogP contribution < -0.4 is 11.1 Å². The van der Waals surface area contributed by atoms with Crippen molar-refractivity contribution in [3.8, 4) is 0 Å². The molecule has 3 amide bonds. The predicted molar refractivity (Wildman–Crippen MR) is 105 cm³/mol. The zero-order chi connectivity index (χ0) is 20.3. The molecule has 0 radical (unpaired) electrons. The number of benzene rings is 1. The van der Waals surface area contributed by atoms with Crippen molar-refractivity contribution < 1.29 is 14.4 Å². The number of aryl methyl sites for hydroxylation is 1. The lowest BCUT2D eigenvalue weighted by Crippen LogP contribution is -2.46. The summed E-state index contributed by atoms with van der Waals surface area (Å²) in [5.41, 5.74) is 7.70. The molecule has 0 saturated carbocycles. The number of pyridine rings is 1. The second-order valence-electron chi connectivity index (χ2n) is 7.17. The van der Waals surface area contributed by atoms with Gasteiger partial charge in [-0.3, -0.25) is 24.3 Å². The minimum absolute atomic E-state index is 0.155. The van der Waals surface area contributed by atoms with Crippen LogP contribution in [-0.2, 0) is 9.59 Å². The number of hydrogen-bond donors (Lipinski definition) is 2. The van der Waals surface area contributed by atoms with E-state index in [1.54, 1.807) is 4.90 Å². The van der Waals surface area contributed by atoms with E-state index >= 15 is 0 Å². The highest BCUT2D eigenvalue weighted by Gasteiger charge is 2.40. The average molecular weight is 379 g/mol. The Morgan fingerprint density at radius 1 is 1.25 bits per heavy atom. The van der Waals surface area contributed by atoms with Crippen LogP contribution in [0.1, 0.15) is 40.9 Å². The molecule has 7 nitrogen and oxygen atoms in total. The second-order valence-corrected chi connectivity index (χ2v) is 7.17. The standard InChI is InChI=1S/C21H22N4O3/c1-13-4-3-5-15(8-13)18-7-6-14(2)12-25(18)21(28)20(27)24-17-9-16(19(22)26)10-23-11-17/h3-5,7-11,14,18H,6,12H2,1-2H3,(H2-,22,24,26,27)/p+1/t14-,18+/m1/s1. The summed E-state index contributed by atoms with van der Waals surface area (Å²) in [6.07, 6.45) is 5.60. The molecule has 1 aliphatic rings. The van der Waals surface area contributed by atoms with Crippen LogP contribution in [0, 0.1) is 19.3 Å². The van der Waals surface area contributed by atoms with Gasteiger partial charge in [0.25, 0.3) is 0 Å². The van der Waals surface area contributed by atoms with E-state index in [1.807, 2.05) is 38.1 Å². The maximum atomic E-state index is 12.9. The van der Waals surface area contributed by atoms with Crippen LogP contribution in [0.5, 0.6) is 0 Å². The second kappa shape index (κ2) is 8.12. The van der Waals surface area contributed by atoms with Gasteiger partial charge in [0.2, 0.25) is 5.91 Å². The lowest BCUT2D eigenvalue weighted by atomic mass is 9.89. The molecule has 0 unspecified atom stereocenters. The molecule has 144 valence electrons. The van der Waals surface area contributed by atoms with Gasteiger partial charge in [0, 0.05) is 24.2 Å². The Morgan fingerprint density at radius 3 is 2.75 bits per heavy atom. The summed E-state index contributed by atoms with van der Waals surface area (Å²) in [5.74, 6) is -1.80. The van der Waals surface area contributed by atoms with E-state index in [1.165, 1.54) is 18.5 Å². The molecular formula is C21H23N4O3+. The molecule has 0 aliphatic carbocycles. The normalized spacial score (nSPS) is 18.9. The number of hydrogen-bond acceptors (Lipinski definition) is 4. The first-order valence-electron chi connectivity index (χ1n) is 9.12. The molecule has 2 aromatic rings. The highest BCUT2D eigenvalue weighted by molar-refractivity contribution is 6.39. The number of nitrogens with one attached hydrogen (secondary N) is 1. The van der Waals surface area contributed by atoms with Gasteiger partial charge >= 0.3 is 11.8 Å². The van der Waals surface area contributed by atoms with Crippen LogP contribution in [0.3, 0.4) is 0 Å². The van der Waals surface area contributed by atoms with E-state index in [0.29, 0.717) is 6.54 Å². The number of carbonyl (C=O) groups excluding carboxylic acids is 3. The molecule has 3 rings (SSSR count). The maximum absolute atomic E-state index is 12.9. The third-order valence-electron chi connectivity index (χ3n) is 4.73. The number of nitrogens with two attached hydrogens (primary N) is 1. The van der Waals surface area contributed by atoms with E-state index in [2.05, 4.69) is 16.7 Å². The van der Waals surface area contributed by atoms with Crippen molar-refractivity contribution in [1.82, 2.24) is 9.88 Å². The monoisotopic (exact) mass is 379 g/mol. The van der Waals surface area contributed by atoms with E-state index < -0.39 is 17.7 Å². The van der Waals surface area contributed by atoms with Crippen LogP contribution in [-0.4, -0.2) is 34.2 Å². The molecule has 3 N–H and O–H groups in total. The molecule has 1 aromatic carbocycles. The van der Waals surface area contributed by atoms with Gasteiger partial charge < -0.3 is 11.1 Å². The summed E-state index contributed by atoms with van der Waals surface area (Å²) in [4.78, 5) is 42.2. The summed E-state index contributed by atoms with van der Waals surface area (Å²) >= 11 is 0. The minimum Gasteiger partial charge on any atom is -0.366 e. The summed E-state index contributed by atoms with van der Waals surface area (Å²) in [6, 6.07) is 9.05. The number of carbonyl (C=O) groups is 3. The van der Waals surface area contributed by atoms with Crippen molar-refractivity contribution in [2.24, 2.45) is 11.7 Å². The third kappa shape index (κ3) is 4.31. The number of piperidine rings is 1. The first-order valence-corrected chi connectivity index (χ1v) is 9.12. The van der Waals surface area contributed by atoms with Crippen molar-refractivity contribution in [3.63, 3.8) is 0 Å². The van der Waals surface area contributed by atoms with E-state index in [4.69, 9.17) is 5.73 Å². The number of primary amides is 1. The number of anilines is 1. The van der Waals surface area contributed by atoms with Gasteiger partial charge in [0.1, 0.15) is 6.42 Å². The van der Waals surface area contributed by atoms with Gasteiger partial charge in [-0.2, -0.15) is 0 Å². The van der Waals surface area contributed by atoms with Gasteiger partial charge in [-0.15, -0.1) is 0 Å². The number of likely N-dealkylation sites (tertiary alicyclic amines) is 1. The van der Waals surface area contributed by atoms with Gasteiger partial charge in [-0.05, 0) is 19.1 Å². The molecule has 0 spiro atoms. The minimum atomic E-state index is -0.774. The molecule has 28 heavy (non-hydrogen) atoms. The molecule has 1 aliphatic heterocycles. The van der Waals surface area contributed by atoms with Crippen LogP contribution in [0.15, 0.2) is 42.7 Å². The Labute approximate surface area is 163 Å². The number of rotatable bonds is 3. The van der Waals surface area contributed by atoms with Crippen LogP contribution >= 0.6 is 0 Å². The summed E-state index contributed by atoms with van der Waals surface area (Å²) in [6.45, 7) is 4.52. The van der Waals surface area contributed by atoms with Gasteiger partial charge in [-0.25, -0.2) is 0 Å². The quantitative estimate of drug-likeness (QED) is 0.630. The molecule has 1 saturated heterocycles. The Balaban J connectivity index is 1.80. The fraction of sp³-hybridized carbons (Fsp3) is 0.286. The van der Waals surface area contributed by atoms with Crippen molar-refractivity contribution in [2.75, 3.05) is 11.9 Å². The fourth-order valence-corrected chi connectivity index (χ4v) is 3.35. The Hall–Kier alpha value is -3.35. The molecule has 7 heteroatoms. The third-order valence-corrected chi connectivity index (χ3v) is 4.73. The molecule has 0 bridgehead atoms. The van der Waals surface area contributed by atoms with Gasteiger partial charge in [0.15, 0.2) is 6.04 Å². The molecule has 1 aromatic heterocycles. The smallest absolute Gasteiger partial charge is 0.316 e. The topological polar surface area (TPSA) is 105 Å². The van der Waals surface area contributed by atoms with Crippen LogP contribution in [0.25, 0.3) is 0 Å². The number of amides is 3. The predicted octanol–water partition coefficient (Wildman–Crippen LogP) is 2.24. The lowest BCUT2D eigenvalue weighted by Gasteiger charge is -2.32. The van der Waals surface area contributed by atoms with Crippen molar-refractivity contribution in [3.05, 3.63) is 65.8 Å². The first kappa shape index (κ1) is 19.4. The highest BCUT2D eigenvalue weighted by atomic mass is 16.2. The van der Waals surface area contributed by atoms with E-state index in [-0.39, 0.29) is 23.2 Å². The zero-order valence-electron chi connectivity index (χ0n) is 15.9. The largest absolute Gasteiger partial charge is 0.366 e. The SMILES string of the molecule is Cc1cccc([C@@H]2[CH+]C[C@@H](C)CN2C(=O)C(=O)Nc2cncc(C(N)=O)c2)c1. The van der Waals surface area contributed by atoms with E-state index in [0.717, 1.165) is 17.5 Å².